The van der Waals surface area contributed by atoms with Crippen LogP contribution in [0.25, 0.3) is 0 Å². The van der Waals surface area contributed by atoms with Crippen LogP contribution in [-0.2, 0) is 4.79 Å². The van der Waals surface area contributed by atoms with Crippen LogP contribution in [0.3, 0.4) is 0 Å². The summed E-state index contributed by atoms with van der Waals surface area (Å²) in [7, 11) is 0. The van der Waals surface area contributed by atoms with Crippen molar-refractivity contribution in [3.8, 4) is 0 Å². The summed E-state index contributed by atoms with van der Waals surface area (Å²) >= 11 is 0. The molecule has 0 aromatic rings. The fraction of sp³-hybridized carbons (Fsp3) is 0.786. The molecule has 0 atom stereocenters. The molecule has 0 rings (SSSR count). The molecular weight excluding hydrogens is 184 g/mol. The molecule has 0 aromatic carbocycles. The molecule has 88 valence electrons. The smallest absolute Gasteiger partial charge is 0.132 e. The third-order valence-electron chi connectivity index (χ3n) is 2.38. The molecule has 0 aliphatic carbocycles. The van der Waals surface area contributed by atoms with E-state index in [2.05, 4.69) is 32.9 Å². The number of carbonyl (C=O) groups excluding carboxylic acids is 1. The monoisotopic (exact) mass is 210 g/mol. The number of rotatable bonds is 9. The van der Waals surface area contributed by atoms with Gasteiger partial charge in [-0.25, -0.2) is 0 Å². The number of hydrogen-bond donors (Lipinski definition) is 0. The van der Waals surface area contributed by atoms with Crippen LogP contribution in [-0.4, -0.2) is 5.78 Å². The van der Waals surface area contributed by atoms with Crippen molar-refractivity contribution in [1.82, 2.24) is 0 Å². The first-order valence-electron chi connectivity index (χ1n) is 6.33. The molecular formula is C14H26O. The highest BCUT2D eigenvalue weighted by atomic mass is 16.1. The minimum atomic E-state index is 0.434. The summed E-state index contributed by atoms with van der Waals surface area (Å²) < 4.78 is 0. The standard InChI is InChI=1S/C14H26O/c1-4-10-14(15)12-9-7-5-6-8-11-13(2)3/h6,8,13H,4-5,7,9-12H2,1-3H3. The lowest BCUT2D eigenvalue weighted by Gasteiger charge is -1.98. The lowest BCUT2D eigenvalue weighted by atomic mass is 10.1. The Morgan fingerprint density at radius 3 is 2.47 bits per heavy atom. The fourth-order valence-electron chi connectivity index (χ4n) is 1.47. The van der Waals surface area contributed by atoms with Crippen molar-refractivity contribution in [2.24, 2.45) is 5.92 Å². The van der Waals surface area contributed by atoms with Gasteiger partial charge in [-0.15, -0.1) is 0 Å². The predicted octanol–water partition coefficient (Wildman–Crippen LogP) is 4.52. The van der Waals surface area contributed by atoms with E-state index >= 15 is 0 Å². The fourth-order valence-corrected chi connectivity index (χ4v) is 1.47. The topological polar surface area (TPSA) is 17.1 Å². The van der Waals surface area contributed by atoms with Gasteiger partial charge in [0.15, 0.2) is 0 Å². The van der Waals surface area contributed by atoms with Gasteiger partial charge in [0.2, 0.25) is 0 Å². The van der Waals surface area contributed by atoms with Gasteiger partial charge in [0.1, 0.15) is 5.78 Å². The van der Waals surface area contributed by atoms with Crippen LogP contribution in [0.15, 0.2) is 12.2 Å². The number of hydrogen-bond acceptors (Lipinski definition) is 1. The Kier molecular flexibility index (Phi) is 9.55. The molecule has 15 heavy (non-hydrogen) atoms. The van der Waals surface area contributed by atoms with Crippen molar-refractivity contribution in [3.63, 3.8) is 0 Å². The molecule has 0 spiro atoms. The highest BCUT2D eigenvalue weighted by Gasteiger charge is 1.98. The van der Waals surface area contributed by atoms with Gasteiger partial charge in [0.25, 0.3) is 0 Å². The molecule has 0 N–H and O–H groups in total. The maximum atomic E-state index is 11.2. The molecule has 0 heterocycles. The molecule has 0 saturated heterocycles. The van der Waals surface area contributed by atoms with E-state index in [0.29, 0.717) is 5.78 Å². The van der Waals surface area contributed by atoms with Gasteiger partial charge in [0.05, 0.1) is 0 Å². The van der Waals surface area contributed by atoms with E-state index < -0.39 is 0 Å². The van der Waals surface area contributed by atoms with Gasteiger partial charge in [0, 0.05) is 12.8 Å². The summed E-state index contributed by atoms with van der Waals surface area (Å²) in [4.78, 5) is 11.2. The Morgan fingerprint density at radius 1 is 1.13 bits per heavy atom. The van der Waals surface area contributed by atoms with Crippen LogP contribution in [0.2, 0.25) is 0 Å². The zero-order chi connectivity index (χ0) is 11.5. The van der Waals surface area contributed by atoms with E-state index in [1.165, 1.54) is 6.42 Å². The number of carbonyl (C=O) groups is 1. The van der Waals surface area contributed by atoms with E-state index in [9.17, 15) is 4.79 Å². The zero-order valence-corrected chi connectivity index (χ0v) is 10.6. The summed E-state index contributed by atoms with van der Waals surface area (Å²) in [5.41, 5.74) is 0. The van der Waals surface area contributed by atoms with Crippen LogP contribution in [0.1, 0.15) is 65.7 Å². The lowest BCUT2D eigenvalue weighted by molar-refractivity contribution is -0.119. The van der Waals surface area contributed by atoms with Gasteiger partial charge in [-0.1, -0.05) is 32.9 Å². The van der Waals surface area contributed by atoms with Crippen LogP contribution < -0.4 is 0 Å². The zero-order valence-electron chi connectivity index (χ0n) is 10.6. The molecule has 0 radical (unpaired) electrons. The Morgan fingerprint density at radius 2 is 1.87 bits per heavy atom. The van der Waals surface area contributed by atoms with Crippen molar-refractivity contribution in [2.75, 3.05) is 0 Å². The second kappa shape index (κ2) is 9.95. The minimum absolute atomic E-state index is 0.434. The molecule has 0 amide bonds. The van der Waals surface area contributed by atoms with Gasteiger partial charge in [-0.05, 0) is 38.0 Å². The van der Waals surface area contributed by atoms with Crippen LogP contribution in [0, 0.1) is 5.92 Å². The quantitative estimate of drug-likeness (QED) is 0.404. The normalized spacial score (nSPS) is 11.5. The molecule has 0 aromatic heterocycles. The summed E-state index contributed by atoms with van der Waals surface area (Å²) in [5, 5.41) is 0. The third-order valence-corrected chi connectivity index (χ3v) is 2.38. The summed E-state index contributed by atoms with van der Waals surface area (Å²) in [5.74, 6) is 1.19. The first kappa shape index (κ1) is 14.4. The average Bonchev–Trinajstić information content (AvgIpc) is 2.16. The van der Waals surface area contributed by atoms with Crippen LogP contribution >= 0.6 is 0 Å². The maximum absolute atomic E-state index is 11.2. The van der Waals surface area contributed by atoms with Crippen molar-refractivity contribution in [3.05, 3.63) is 12.2 Å². The predicted molar refractivity (Wildman–Crippen MR) is 67.0 cm³/mol. The van der Waals surface area contributed by atoms with E-state index in [4.69, 9.17) is 0 Å². The van der Waals surface area contributed by atoms with Crippen molar-refractivity contribution >= 4 is 5.78 Å². The maximum Gasteiger partial charge on any atom is 0.132 e. The first-order valence-corrected chi connectivity index (χ1v) is 6.33. The van der Waals surface area contributed by atoms with E-state index in [0.717, 1.165) is 44.4 Å². The van der Waals surface area contributed by atoms with Crippen LogP contribution in [0.5, 0.6) is 0 Å². The molecule has 1 nitrogen and oxygen atoms in total. The van der Waals surface area contributed by atoms with E-state index in [-0.39, 0.29) is 0 Å². The molecule has 0 fully saturated rings. The van der Waals surface area contributed by atoms with Gasteiger partial charge in [-0.3, -0.25) is 4.79 Å². The highest BCUT2D eigenvalue weighted by Crippen LogP contribution is 2.06. The van der Waals surface area contributed by atoms with Gasteiger partial charge >= 0.3 is 0 Å². The molecule has 1 heteroatoms. The number of unbranched alkanes of at least 4 members (excludes halogenated alkanes) is 2. The third kappa shape index (κ3) is 11.3. The Labute approximate surface area is 95.0 Å². The van der Waals surface area contributed by atoms with Crippen LogP contribution in [0.4, 0.5) is 0 Å². The van der Waals surface area contributed by atoms with E-state index in [1.807, 2.05) is 0 Å². The second-order valence-electron chi connectivity index (χ2n) is 4.64. The van der Waals surface area contributed by atoms with Gasteiger partial charge < -0.3 is 0 Å². The molecule has 0 saturated carbocycles. The van der Waals surface area contributed by atoms with Crippen molar-refractivity contribution in [1.29, 1.82) is 0 Å². The number of ketones is 1. The number of Topliss-reactive ketones (excluding diaryl/α,β-unsaturated/α-hetero) is 1. The highest BCUT2D eigenvalue weighted by molar-refractivity contribution is 5.78. The second-order valence-corrected chi connectivity index (χ2v) is 4.64. The van der Waals surface area contributed by atoms with Crippen molar-refractivity contribution < 1.29 is 4.79 Å². The summed E-state index contributed by atoms with van der Waals surface area (Å²) in [6.07, 6.45) is 11.6. The first-order chi connectivity index (χ1) is 7.16. The van der Waals surface area contributed by atoms with Crippen molar-refractivity contribution in [2.45, 2.75) is 65.7 Å². The minimum Gasteiger partial charge on any atom is -0.300 e. The van der Waals surface area contributed by atoms with E-state index in [1.54, 1.807) is 0 Å². The summed E-state index contributed by atoms with van der Waals surface area (Å²) in [6, 6.07) is 0. The Balaban J connectivity index is 3.24. The summed E-state index contributed by atoms with van der Waals surface area (Å²) in [6.45, 7) is 6.52. The molecule has 0 unspecified atom stereocenters. The largest absolute Gasteiger partial charge is 0.300 e. The Bertz CT molecular complexity index is 180. The van der Waals surface area contributed by atoms with Gasteiger partial charge in [-0.2, -0.15) is 0 Å². The number of allylic oxidation sites excluding steroid dienone is 2. The SMILES string of the molecule is CCCC(=O)CCCCC=CCC(C)C. The Hall–Kier alpha value is -0.590. The molecule has 0 aliphatic rings. The average molecular weight is 210 g/mol. The molecule has 0 bridgehead atoms. The molecule has 0 aliphatic heterocycles. The lowest BCUT2D eigenvalue weighted by Crippen LogP contribution is -1.95.